The van der Waals surface area contributed by atoms with Crippen molar-refractivity contribution in [3.63, 3.8) is 0 Å². The number of anilines is 1. The Morgan fingerprint density at radius 1 is 1.61 bits per heavy atom. The fraction of sp³-hybridized carbons (Fsp3) is 0.385. The number of rotatable bonds is 2. The highest BCUT2D eigenvalue weighted by molar-refractivity contribution is 5.80. The van der Waals surface area contributed by atoms with Crippen molar-refractivity contribution in [2.24, 2.45) is 5.92 Å². The van der Waals surface area contributed by atoms with Gasteiger partial charge in [-0.1, -0.05) is 13.0 Å². The first kappa shape index (κ1) is 12.4. The molecule has 2 rings (SSSR count). The minimum Gasteiger partial charge on any atom is -0.480 e. The number of hydrogen-bond acceptors (Lipinski definition) is 3. The van der Waals surface area contributed by atoms with Gasteiger partial charge in [-0.25, -0.2) is 9.18 Å². The Hall–Kier alpha value is -2.09. The fourth-order valence-corrected chi connectivity index (χ4v) is 2.46. The van der Waals surface area contributed by atoms with Crippen molar-refractivity contribution in [1.82, 2.24) is 0 Å². The van der Waals surface area contributed by atoms with Gasteiger partial charge in [0.2, 0.25) is 0 Å². The number of carboxylic acid groups (broad SMARTS) is 1. The van der Waals surface area contributed by atoms with Gasteiger partial charge in [0.15, 0.2) is 0 Å². The molecule has 0 spiro atoms. The van der Waals surface area contributed by atoms with E-state index >= 15 is 0 Å². The first-order valence-corrected chi connectivity index (χ1v) is 5.74. The summed E-state index contributed by atoms with van der Waals surface area (Å²) in [6.45, 7) is 2.38. The monoisotopic (exact) mass is 248 g/mol. The second kappa shape index (κ2) is 4.65. The van der Waals surface area contributed by atoms with E-state index in [1.165, 1.54) is 12.1 Å². The number of benzene rings is 1. The third-order valence-corrected chi connectivity index (χ3v) is 3.37. The van der Waals surface area contributed by atoms with E-state index < -0.39 is 17.8 Å². The van der Waals surface area contributed by atoms with Crippen LogP contribution in [-0.2, 0) is 4.79 Å². The molecule has 4 nitrogen and oxygen atoms in total. The zero-order chi connectivity index (χ0) is 13.3. The number of nitriles is 1. The molecule has 5 heteroatoms. The van der Waals surface area contributed by atoms with Crippen molar-refractivity contribution in [2.45, 2.75) is 19.4 Å². The maximum absolute atomic E-state index is 13.5. The molecule has 1 N–H and O–H groups in total. The molecule has 0 bridgehead atoms. The summed E-state index contributed by atoms with van der Waals surface area (Å²) in [6, 6.07) is 5.40. The van der Waals surface area contributed by atoms with Gasteiger partial charge in [-0.15, -0.1) is 0 Å². The van der Waals surface area contributed by atoms with Gasteiger partial charge in [0, 0.05) is 6.54 Å². The van der Waals surface area contributed by atoms with E-state index in [4.69, 9.17) is 5.26 Å². The Balaban J connectivity index is 2.47. The smallest absolute Gasteiger partial charge is 0.326 e. The molecule has 1 heterocycles. The van der Waals surface area contributed by atoms with Crippen LogP contribution >= 0.6 is 0 Å². The van der Waals surface area contributed by atoms with Crippen LogP contribution in [-0.4, -0.2) is 23.7 Å². The van der Waals surface area contributed by atoms with E-state index in [2.05, 4.69) is 0 Å². The molecule has 18 heavy (non-hydrogen) atoms. The van der Waals surface area contributed by atoms with Crippen LogP contribution in [0.5, 0.6) is 0 Å². The highest BCUT2D eigenvalue weighted by Gasteiger charge is 2.37. The predicted octanol–water partition coefficient (Wildman–Crippen LogP) is 2.00. The summed E-state index contributed by atoms with van der Waals surface area (Å²) in [7, 11) is 0. The lowest BCUT2D eigenvalue weighted by Crippen LogP contribution is -2.39. The van der Waals surface area contributed by atoms with E-state index in [9.17, 15) is 14.3 Å². The van der Waals surface area contributed by atoms with Crippen LogP contribution in [0.1, 0.15) is 18.9 Å². The lowest BCUT2D eigenvalue weighted by Gasteiger charge is -2.26. The number of nitrogens with zero attached hydrogens (tertiary/aromatic N) is 2. The average Bonchev–Trinajstić information content (AvgIpc) is 2.70. The molecule has 1 aromatic carbocycles. The first-order valence-electron chi connectivity index (χ1n) is 5.74. The van der Waals surface area contributed by atoms with Crippen LogP contribution in [0.25, 0.3) is 0 Å². The van der Waals surface area contributed by atoms with Gasteiger partial charge in [-0.3, -0.25) is 0 Å². The number of carboxylic acids is 1. The summed E-state index contributed by atoms with van der Waals surface area (Å²) < 4.78 is 13.5. The van der Waals surface area contributed by atoms with Crippen molar-refractivity contribution in [3.05, 3.63) is 29.6 Å². The summed E-state index contributed by atoms with van der Waals surface area (Å²) in [5, 5.41) is 18.2. The summed E-state index contributed by atoms with van der Waals surface area (Å²) >= 11 is 0. The molecule has 94 valence electrons. The lowest BCUT2D eigenvalue weighted by atomic mass is 10.0. The van der Waals surface area contributed by atoms with Gasteiger partial charge in [0.1, 0.15) is 23.5 Å². The maximum Gasteiger partial charge on any atom is 0.326 e. The summed E-state index contributed by atoms with van der Waals surface area (Å²) in [6.07, 6.45) is 0.721. The number of aliphatic carboxylic acids is 1. The molecule has 0 saturated carbocycles. The van der Waals surface area contributed by atoms with E-state index in [1.54, 1.807) is 17.0 Å². The third-order valence-electron chi connectivity index (χ3n) is 3.37. The molecule has 1 saturated heterocycles. The van der Waals surface area contributed by atoms with Crippen LogP contribution in [0.3, 0.4) is 0 Å². The number of hydrogen-bond donors (Lipinski definition) is 1. The minimum atomic E-state index is -0.937. The van der Waals surface area contributed by atoms with E-state index in [0.717, 1.165) is 6.42 Å². The molecule has 2 atom stereocenters. The van der Waals surface area contributed by atoms with Crippen LogP contribution in [0.15, 0.2) is 18.2 Å². The summed E-state index contributed by atoms with van der Waals surface area (Å²) in [4.78, 5) is 12.9. The second-order valence-electron chi connectivity index (χ2n) is 4.49. The molecule has 1 aliphatic rings. The molecular formula is C13H13FN2O2. The molecule has 0 radical (unpaired) electrons. The fourth-order valence-electron chi connectivity index (χ4n) is 2.46. The average molecular weight is 248 g/mol. The van der Waals surface area contributed by atoms with E-state index in [1.807, 2.05) is 6.92 Å². The molecule has 2 unspecified atom stereocenters. The topological polar surface area (TPSA) is 64.3 Å². The van der Waals surface area contributed by atoms with E-state index in [-0.39, 0.29) is 11.5 Å². The molecule has 1 aromatic rings. The highest BCUT2D eigenvalue weighted by Crippen LogP contribution is 2.32. The summed E-state index contributed by atoms with van der Waals surface area (Å²) in [5.74, 6) is -1.57. The minimum absolute atomic E-state index is 0.0164. The Morgan fingerprint density at radius 3 is 2.94 bits per heavy atom. The molecule has 0 aromatic heterocycles. The van der Waals surface area contributed by atoms with Gasteiger partial charge in [0.05, 0.1) is 5.69 Å². The van der Waals surface area contributed by atoms with Crippen LogP contribution < -0.4 is 4.90 Å². The van der Waals surface area contributed by atoms with Crippen molar-refractivity contribution < 1.29 is 14.3 Å². The molecular weight excluding hydrogens is 235 g/mol. The second-order valence-corrected chi connectivity index (χ2v) is 4.49. The SMILES string of the molecule is CC1CCN(c2cccc(F)c2C#N)C1C(=O)O. The van der Waals surface area contributed by atoms with Crippen molar-refractivity contribution in [2.75, 3.05) is 11.4 Å². The standard InChI is InChI=1S/C13H13FN2O2/c1-8-5-6-16(12(8)13(17)18)11-4-2-3-10(14)9(11)7-15/h2-4,8,12H,5-6H2,1H3,(H,17,18). The van der Waals surface area contributed by atoms with Crippen LogP contribution in [0.4, 0.5) is 10.1 Å². The summed E-state index contributed by atoms with van der Waals surface area (Å²) in [5.41, 5.74) is 0.284. The number of halogens is 1. The highest BCUT2D eigenvalue weighted by atomic mass is 19.1. The zero-order valence-corrected chi connectivity index (χ0v) is 9.93. The lowest BCUT2D eigenvalue weighted by molar-refractivity contribution is -0.139. The Bertz CT molecular complexity index is 524. The predicted molar refractivity (Wildman–Crippen MR) is 63.7 cm³/mol. The van der Waals surface area contributed by atoms with E-state index in [0.29, 0.717) is 12.2 Å². The van der Waals surface area contributed by atoms with Crippen LogP contribution in [0.2, 0.25) is 0 Å². The van der Waals surface area contributed by atoms with Gasteiger partial charge in [0.25, 0.3) is 0 Å². The number of carbonyl (C=O) groups is 1. The van der Waals surface area contributed by atoms with Gasteiger partial charge in [-0.2, -0.15) is 5.26 Å². The van der Waals surface area contributed by atoms with Gasteiger partial charge >= 0.3 is 5.97 Å². The Labute approximate surface area is 104 Å². The zero-order valence-electron chi connectivity index (χ0n) is 9.93. The largest absolute Gasteiger partial charge is 0.480 e. The molecule has 1 aliphatic heterocycles. The quantitative estimate of drug-likeness (QED) is 0.869. The maximum atomic E-state index is 13.5. The Kier molecular flexibility index (Phi) is 3.19. The Morgan fingerprint density at radius 2 is 2.33 bits per heavy atom. The van der Waals surface area contributed by atoms with Gasteiger partial charge in [-0.05, 0) is 24.5 Å². The van der Waals surface area contributed by atoms with Gasteiger partial charge < -0.3 is 10.0 Å². The molecule has 0 amide bonds. The normalized spacial score (nSPS) is 22.8. The van der Waals surface area contributed by atoms with Crippen molar-refractivity contribution >= 4 is 11.7 Å². The molecule has 1 fully saturated rings. The first-order chi connectivity index (χ1) is 8.56. The third kappa shape index (κ3) is 1.90. The van der Waals surface area contributed by atoms with Crippen molar-refractivity contribution in [1.29, 1.82) is 5.26 Å². The van der Waals surface area contributed by atoms with Crippen LogP contribution in [0, 0.1) is 23.1 Å². The molecule has 0 aliphatic carbocycles. The van der Waals surface area contributed by atoms with Crippen molar-refractivity contribution in [3.8, 4) is 6.07 Å².